The first-order valence-electron chi connectivity index (χ1n) is 6.63. The second-order valence-electron chi connectivity index (χ2n) is 5.43. The van der Waals surface area contributed by atoms with Crippen LogP contribution < -0.4 is 5.32 Å². The van der Waals surface area contributed by atoms with Gasteiger partial charge in [-0.15, -0.1) is 0 Å². The van der Waals surface area contributed by atoms with E-state index in [4.69, 9.17) is 0 Å². The molecule has 0 spiro atoms. The predicted octanol–water partition coefficient (Wildman–Crippen LogP) is 2.49. The molecule has 18 heavy (non-hydrogen) atoms. The van der Waals surface area contributed by atoms with Crippen molar-refractivity contribution in [2.75, 3.05) is 0 Å². The van der Waals surface area contributed by atoms with Crippen LogP contribution in [0.5, 0.6) is 5.75 Å². The van der Waals surface area contributed by atoms with Crippen molar-refractivity contribution in [3.05, 3.63) is 29.8 Å². The van der Waals surface area contributed by atoms with E-state index in [0.717, 1.165) is 12.0 Å². The molecule has 0 aliphatic heterocycles. The zero-order valence-electron chi connectivity index (χ0n) is 11.0. The SMILES string of the molecule is CC1CCC(NC(=O)Cc2cccc(O)c2)C1C. The third kappa shape index (κ3) is 3.03. The Morgan fingerprint density at radius 2 is 2.17 bits per heavy atom. The number of amides is 1. The molecule has 1 aromatic carbocycles. The molecule has 0 aromatic heterocycles. The number of benzene rings is 1. The van der Waals surface area contributed by atoms with Crippen molar-refractivity contribution >= 4 is 5.91 Å². The Labute approximate surface area is 108 Å². The molecular weight excluding hydrogens is 226 g/mol. The van der Waals surface area contributed by atoms with Gasteiger partial charge in [0, 0.05) is 6.04 Å². The van der Waals surface area contributed by atoms with E-state index in [1.54, 1.807) is 18.2 Å². The molecule has 0 radical (unpaired) electrons. The van der Waals surface area contributed by atoms with Gasteiger partial charge in [0.05, 0.1) is 6.42 Å². The fourth-order valence-corrected chi connectivity index (χ4v) is 2.68. The third-order valence-electron chi connectivity index (χ3n) is 4.09. The van der Waals surface area contributed by atoms with Crippen LogP contribution in [0.2, 0.25) is 0 Å². The van der Waals surface area contributed by atoms with Crippen LogP contribution in [0, 0.1) is 11.8 Å². The Balaban J connectivity index is 1.89. The minimum Gasteiger partial charge on any atom is -0.508 e. The van der Waals surface area contributed by atoms with Crippen LogP contribution in [0.25, 0.3) is 0 Å². The molecule has 1 aliphatic carbocycles. The highest BCUT2D eigenvalue weighted by molar-refractivity contribution is 5.79. The number of hydrogen-bond acceptors (Lipinski definition) is 2. The van der Waals surface area contributed by atoms with Crippen LogP contribution in [0.1, 0.15) is 32.3 Å². The van der Waals surface area contributed by atoms with Crippen molar-refractivity contribution < 1.29 is 9.90 Å². The molecule has 0 bridgehead atoms. The first kappa shape index (κ1) is 12.9. The molecule has 1 fully saturated rings. The zero-order valence-corrected chi connectivity index (χ0v) is 11.0. The van der Waals surface area contributed by atoms with Gasteiger partial charge in [0.15, 0.2) is 0 Å². The maximum Gasteiger partial charge on any atom is 0.224 e. The second-order valence-corrected chi connectivity index (χ2v) is 5.43. The molecule has 3 atom stereocenters. The lowest BCUT2D eigenvalue weighted by atomic mass is 9.97. The number of phenolic OH excluding ortho intramolecular Hbond substituents is 1. The van der Waals surface area contributed by atoms with E-state index in [9.17, 15) is 9.90 Å². The van der Waals surface area contributed by atoms with E-state index in [2.05, 4.69) is 19.2 Å². The minimum atomic E-state index is 0.0477. The lowest BCUT2D eigenvalue weighted by Gasteiger charge is -2.19. The minimum absolute atomic E-state index is 0.0477. The van der Waals surface area contributed by atoms with Crippen LogP contribution in [0.3, 0.4) is 0 Å². The van der Waals surface area contributed by atoms with Crippen LogP contribution >= 0.6 is 0 Å². The molecule has 2 N–H and O–H groups in total. The quantitative estimate of drug-likeness (QED) is 0.862. The number of hydrogen-bond donors (Lipinski definition) is 2. The molecule has 0 heterocycles. The topological polar surface area (TPSA) is 49.3 Å². The summed E-state index contributed by atoms with van der Waals surface area (Å²) in [6, 6.07) is 7.19. The van der Waals surface area contributed by atoms with Crippen molar-refractivity contribution in [1.29, 1.82) is 0 Å². The average molecular weight is 247 g/mol. The van der Waals surface area contributed by atoms with Crippen molar-refractivity contribution in [2.24, 2.45) is 11.8 Å². The van der Waals surface area contributed by atoms with Crippen molar-refractivity contribution in [1.82, 2.24) is 5.32 Å². The van der Waals surface area contributed by atoms with Gasteiger partial charge in [-0.25, -0.2) is 0 Å². The fourth-order valence-electron chi connectivity index (χ4n) is 2.68. The predicted molar refractivity (Wildman–Crippen MR) is 71.3 cm³/mol. The summed E-state index contributed by atoms with van der Waals surface area (Å²) < 4.78 is 0. The summed E-state index contributed by atoms with van der Waals surface area (Å²) in [5.41, 5.74) is 0.853. The van der Waals surface area contributed by atoms with Gasteiger partial charge in [-0.2, -0.15) is 0 Å². The van der Waals surface area contributed by atoms with Gasteiger partial charge >= 0.3 is 0 Å². The molecule has 1 aromatic rings. The second kappa shape index (κ2) is 5.42. The van der Waals surface area contributed by atoms with E-state index in [-0.39, 0.29) is 11.7 Å². The molecule has 3 nitrogen and oxygen atoms in total. The molecule has 98 valence electrons. The van der Waals surface area contributed by atoms with Gasteiger partial charge in [-0.3, -0.25) is 4.79 Å². The van der Waals surface area contributed by atoms with Gasteiger partial charge in [0.1, 0.15) is 5.75 Å². The highest BCUT2D eigenvalue weighted by Crippen LogP contribution is 2.31. The van der Waals surface area contributed by atoms with E-state index in [1.165, 1.54) is 6.42 Å². The normalized spacial score (nSPS) is 27.1. The molecule has 3 heteroatoms. The number of phenols is 1. The van der Waals surface area contributed by atoms with E-state index >= 15 is 0 Å². The first-order chi connectivity index (χ1) is 8.56. The largest absolute Gasteiger partial charge is 0.508 e. The molecule has 1 amide bonds. The lowest BCUT2D eigenvalue weighted by Crippen LogP contribution is -2.38. The first-order valence-corrected chi connectivity index (χ1v) is 6.63. The third-order valence-corrected chi connectivity index (χ3v) is 4.09. The molecule has 1 aliphatic rings. The number of rotatable bonds is 3. The van der Waals surface area contributed by atoms with Crippen LogP contribution in [-0.4, -0.2) is 17.1 Å². The van der Waals surface area contributed by atoms with Crippen LogP contribution in [0.15, 0.2) is 24.3 Å². The highest BCUT2D eigenvalue weighted by Gasteiger charge is 2.30. The molecular formula is C15H21NO2. The summed E-state index contributed by atoms with van der Waals surface area (Å²) in [5.74, 6) is 1.50. The van der Waals surface area contributed by atoms with Gasteiger partial charge in [-0.1, -0.05) is 26.0 Å². The van der Waals surface area contributed by atoms with Gasteiger partial charge in [0.25, 0.3) is 0 Å². The van der Waals surface area contributed by atoms with Gasteiger partial charge in [0.2, 0.25) is 5.91 Å². The maximum absolute atomic E-state index is 11.9. The average Bonchev–Trinajstić information content (AvgIpc) is 2.61. The Bertz CT molecular complexity index is 430. The lowest BCUT2D eigenvalue weighted by molar-refractivity contribution is -0.121. The van der Waals surface area contributed by atoms with Crippen LogP contribution in [-0.2, 0) is 11.2 Å². The smallest absolute Gasteiger partial charge is 0.224 e. The monoisotopic (exact) mass is 247 g/mol. The summed E-state index contributed by atoms with van der Waals surface area (Å²) in [6.45, 7) is 4.45. The van der Waals surface area contributed by atoms with Gasteiger partial charge < -0.3 is 10.4 Å². The van der Waals surface area contributed by atoms with E-state index < -0.39 is 0 Å². The van der Waals surface area contributed by atoms with E-state index in [1.807, 2.05) is 6.07 Å². The number of nitrogens with one attached hydrogen (secondary N) is 1. The molecule has 0 saturated heterocycles. The summed E-state index contributed by atoms with van der Waals surface area (Å²) in [5, 5.41) is 12.5. The van der Waals surface area contributed by atoms with Crippen molar-refractivity contribution in [3.63, 3.8) is 0 Å². The number of carbonyl (C=O) groups excluding carboxylic acids is 1. The summed E-state index contributed by atoms with van der Waals surface area (Å²) in [7, 11) is 0. The van der Waals surface area contributed by atoms with E-state index in [0.29, 0.717) is 24.3 Å². The maximum atomic E-state index is 11.9. The fraction of sp³-hybridized carbons (Fsp3) is 0.533. The van der Waals surface area contributed by atoms with Crippen molar-refractivity contribution in [3.8, 4) is 5.75 Å². The summed E-state index contributed by atoms with van der Waals surface area (Å²) in [4.78, 5) is 11.9. The number of aromatic hydroxyl groups is 1. The standard InChI is InChI=1S/C15H21NO2/c1-10-6-7-14(11(10)2)16-15(18)9-12-4-3-5-13(17)8-12/h3-5,8,10-11,14,17H,6-7,9H2,1-2H3,(H,16,18). The Hall–Kier alpha value is -1.51. The Kier molecular flexibility index (Phi) is 3.90. The molecule has 2 rings (SSSR count). The Morgan fingerprint density at radius 1 is 1.39 bits per heavy atom. The molecule has 1 saturated carbocycles. The number of carbonyl (C=O) groups is 1. The Morgan fingerprint density at radius 3 is 2.78 bits per heavy atom. The molecule has 3 unspecified atom stereocenters. The summed E-state index contributed by atoms with van der Waals surface area (Å²) >= 11 is 0. The summed E-state index contributed by atoms with van der Waals surface area (Å²) in [6.07, 6.45) is 2.61. The van der Waals surface area contributed by atoms with Crippen molar-refractivity contribution in [2.45, 2.75) is 39.2 Å². The zero-order chi connectivity index (χ0) is 13.1. The highest BCUT2D eigenvalue weighted by atomic mass is 16.3. The van der Waals surface area contributed by atoms with Gasteiger partial charge in [-0.05, 0) is 42.4 Å². The van der Waals surface area contributed by atoms with Crippen LogP contribution in [0.4, 0.5) is 0 Å².